The van der Waals surface area contributed by atoms with Gasteiger partial charge < -0.3 is 14.0 Å². The van der Waals surface area contributed by atoms with Crippen LogP contribution < -0.4 is 4.80 Å². The highest BCUT2D eigenvalue weighted by atomic mass is 32.2. The number of benzene rings is 2. The van der Waals surface area contributed by atoms with Crippen molar-refractivity contribution >= 4 is 49.2 Å². The van der Waals surface area contributed by atoms with Crippen molar-refractivity contribution in [1.29, 1.82) is 0 Å². The lowest BCUT2D eigenvalue weighted by molar-refractivity contribution is -0.141. The summed E-state index contributed by atoms with van der Waals surface area (Å²) in [5.41, 5.74) is 1.61. The second-order valence-electron chi connectivity index (χ2n) is 7.41. The minimum atomic E-state index is -3.37. The molecule has 0 fully saturated rings. The largest absolute Gasteiger partial charge is 0.468 e. The summed E-state index contributed by atoms with van der Waals surface area (Å²) in [6, 6.07) is 13.6. The van der Waals surface area contributed by atoms with Crippen LogP contribution in [0.15, 0.2) is 53.5 Å². The lowest BCUT2D eigenvalue weighted by atomic mass is 10.2. The van der Waals surface area contributed by atoms with Gasteiger partial charge in [0.15, 0.2) is 14.6 Å². The fourth-order valence-corrected chi connectivity index (χ4v) is 5.77. The van der Waals surface area contributed by atoms with E-state index in [1.807, 2.05) is 6.07 Å². The number of ether oxygens (including phenoxy) is 2. The average Bonchev–Trinajstić information content (AvgIpc) is 3.14. The lowest BCUT2D eigenvalue weighted by Gasteiger charge is -2.05. The van der Waals surface area contributed by atoms with Crippen molar-refractivity contribution < 1.29 is 32.3 Å². The third kappa shape index (κ3) is 6.61. The van der Waals surface area contributed by atoms with E-state index in [0.717, 1.165) is 11.3 Å². The Kier molecular flexibility index (Phi) is 8.35. The molecule has 9 nitrogen and oxygen atoms in total. The molecule has 0 saturated heterocycles. The minimum Gasteiger partial charge on any atom is -0.468 e. The van der Waals surface area contributed by atoms with Crippen LogP contribution in [-0.2, 0) is 41.2 Å². The van der Waals surface area contributed by atoms with Crippen LogP contribution in [0.1, 0.15) is 28.8 Å². The lowest BCUT2D eigenvalue weighted by Crippen LogP contribution is -2.22. The molecule has 0 radical (unpaired) electrons. The highest BCUT2D eigenvalue weighted by Crippen LogP contribution is 2.20. The highest BCUT2D eigenvalue weighted by molar-refractivity contribution is 7.90. The van der Waals surface area contributed by atoms with Crippen molar-refractivity contribution in [3.63, 3.8) is 0 Å². The molecule has 2 aromatic carbocycles. The van der Waals surface area contributed by atoms with Crippen molar-refractivity contribution in [3.8, 4) is 0 Å². The number of aromatic nitrogens is 1. The summed E-state index contributed by atoms with van der Waals surface area (Å²) in [7, 11) is -0.838. The van der Waals surface area contributed by atoms with Crippen molar-refractivity contribution in [2.75, 3.05) is 20.0 Å². The van der Waals surface area contributed by atoms with E-state index in [-0.39, 0.29) is 35.7 Å². The van der Waals surface area contributed by atoms with E-state index in [9.17, 15) is 22.8 Å². The van der Waals surface area contributed by atoms with Crippen LogP contribution in [0.3, 0.4) is 0 Å². The number of thiazole rings is 1. The van der Waals surface area contributed by atoms with Gasteiger partial charge in [-0.2, -0.15) is 4.99 Å². The SMILES string of the molecule is COC(=O)Cn1c(=NC(=O)CCCS(=O)(=O)Cc2ccccc2)sc2cc(C(=O)OC)ccc21. The van der Waals surface area contributed by atoms with Crippen LogP contribution in [0.25, 0.3) is 10.2 Å². The zero-order valence-corrected chi connectivity index (χ0v) is 20.4. The minimum absolute atomic E-state index is 0.0616. The number of rotatable bonds is 9. The Labute approximate surface area is 200 Å². The van der Waals surface area contributed by atoms with Gasteiger partial charge in [-0.25, -0.2) is 13.2 Å². The van der Waals surface area contributed by atoms with Crippen molar-refractivity contribution in [3.05, 3.63) is 64.5 Å². The molecular weight excluding hydrogens is 480 g/mol. The predicted octanol–water partition coefficient (Wildman–Crippen LogP) is 2.48. The number of nitrogens with zero attached hydrogens (tertiary/aromatic N) is 2. The Bertz CT molecular complexity index is 1370. The number of carbonyl (C=O) groups excluding carboxylic acids is 3. The van der Waals surface area contributed by atoms with E-state index in [1.54, 1.807) is 42.5 Å². The van der Waals surface area contributed by atoms with E-state index < -0.39 is 27.7 Å². The molecular formula is C23H24N2O7S2. The van der Waals surface area contributed by atoms with Gasteiger partial charge in [-0.05, 0) is 30.2 Å². The highest BCUT2D eigenvalue weighted by Gasteiger charge is 2.16. The average molecular weight is 505 g/mol. The first kappa shape index (κ1) is 25.3. The molecule has 34 heavy (non-hydrogen) atoms. The third-order valence-corrected chi connectivity index (χ3v) is 7.64. The van der Waals surface area contributed by atoms with Gasteiger partial charge in [0.2, 0.25) is 5.91 Å². The van der Waals surface area contributed by atoms with E-state index in [4.69, 9.17) is 9.47 Å². The quantitative estimate of drug-likeness (QED) is 0.411. The maximum Gasteiger partial charge on any atom is 0.337 e. The number of sulfone groups is 1. The van der Waals surface area contributed by atoms with Gasteiger partial charge in [-0.1, -0.05) is 41.7 Å². The molecule has 0 bridgehead atoms. The van der Waals surface area contributed by atoms with Crippen molar-refractivity contribution in [1.82, 2.24) is 4.57 Å². The molecule has 11 heteroatoms. The van der Waals surface area contributed by atoms with Crippen molar-refractivity contribution in [2.24, 2.45) is 4.99 Å². The Morgan fingerprint density at radius 1 is 1.03 bits per heavy atom. The van der Waals surface area contributed by atoms with Crippen LogP contribution in [0.4, 0.5) is 0 Å². The molecule has 3 aromatic rings. The van der Waals surface area contributed by atoms with E-state index in [2.05, 4.69) is 4.99 Å². The molecule has 0 aliphatic heterocycles. The van der Waals surface area contributed by atoms with Gasteiger partial charge in [0.05, 0.1) is 41.5 Å². The summed E-state index contributed by atoms with van der Waals surface area (Å²) in [5.74, 6) is -1.77. The van der Waals surface area contributed by atoms with Crippen LogP contribution in [0.5, 0.6) is 0 Å². The molecule has 180 valence electrons. The summed E-state index contributed by atoms with van der Waals surface area (Å²) in [5, 5.41) is 0. The van der Waals surface area contributed by atoms with Crippen LogP contribution >= 0.6 is 11.3 Å². The first-order chi connectivity index (χ1) is 16.2. The molecule has 0 aliphatic carbocycles. The molecule has 0 atom stereocenters. The second-order valence-corrected chi connectivity index (χ2v) is 10.6. The van der Waals surface area contributed by atoms with Crippen molar-refractivity contribution in [2.45, 2.75) is 25.1 Å². The molecule has 3 rings (SSSR count). The van der Waals surface area contributed by atoms with Crippen LogP contribution in [0.2, 0.25) is 0 Å². The molecule has 0 spiro atoms. The maximum absolute atomic E-state index is 12.5. The zero-order chi connectivity index (χ0) is 24.7. The number of amides is 1. The van der Waals surface area contributed by atoms with Crippen LogP contribution in [0, 0.1) is 0 Å². The maximum atomic E-state index is 12.5. The van der Waals surface area contributed by atoms with Gasteiger partial charge in [0.25, 0.3) is 0 Å². The second kappa shape index (κ2) is 11.2. The molecule has 1 amide bonds. The van der Waals surface area contributed by atoms with Gasteiger partial charge in [-0.15, -0.1) is 0 Å². The first-order valence-electron chi connectivity index (χ1n) is 10.3. The third-order valence-electron chi connectivity index (χ3n) is 4.91. The Hall–Kier alpha value is -3.31. The standard InChI is InChI=1S/C23H24N2O7S2/c1-31-21(27)14-25-18-11-10-17(22(28)32-2)13-19(18)33-23(25)24-20(26)9-6-12-34(29,30)15-16-7-4-3-5-8-16/h3-5,7-8,10-11,13H,6,9,12,14-15H2,1-2H3. The predicted molar refractivity (Wildman–Crippen MR) is 127 cm³/mol. The van der Waals surface area contributed by atoms with Gasteiger partial charge >= 0.3 is 11.9 Å². The molecule has 0 aliphatic rings. The fourth-order valence-electron chi connectivity index (χ4n) is 3.26. The first-order valence-corrected chi connectivity index (χ1v) is 13.0. The van der Waals surface area contributed by atoms with Gasteiger partial charge in [0, 0.05) is 6.42 Å². The number of fused-ring (bicyclic) bond motifs is 1. The van der Waals surface area contributed by atoms with Crippen LogP contribution in [-0.4, -0.2) is 50.8 Å². The molecule has 1 aromatic heterocycles. The zero-order valence-electron chi connectivity index (χ0n) is 18.7. The monoisotopic (exact) mass is 504 g/mol. The summed E-state index contributed by atoms with van der Waals surface area (Å²) >= 11 is 1.13. The Morgan fingerprint density at radius 3 is 2.44 bits per heavy atom. The molecule has 0 N–H and O–H groups in total. The smallest absolute Gasteiger partial charge is 0.337 e. The summed E-state index contributed by atoms with van der Waals surface area (Å²) in [6.07, 6.45) is 0.0692. The summed E-state index contributed by atoms with van der Waals surface area (Å²) in [4.78, 5) is 40.6. The number of hydrogen-bond donors (Lipinski definition) is 0. The topological polar surface area (TPSA) is 121 Å². The number of esters is 2. The van der Waals surface area contributed by atoms with Gasteiger partial charge in [0.1, 0.15) is 6.54 Å². The number of methoxy groups -OCH3 is 2. The Morgan fingerprint density at radius 2 is 1.76 bits per heavy atom. The van der Waals surface area contributed by atoms with Gasteiger partial charge in [-0.3, -0.25) is 9.59 Å². The van der Waals surface area contributed by atoms with E-state index in [1.165, 1.54) is 18.8 Å². The summed E-state index contributed by atoms with van der Waals surface area (Å²) in [6.45, 7) is -0.175. The Balaban J connectivity index is 1.79. The number of carbonyl (C=O) groups is 3. The molecule has 0 saturated carbocycles. The van der Waals surface area contributed by atoms with E-state index >= 15 is 0 Å². The fraction of sp³-hybridized carbons (Fsp3) is 0.304. The summed E-state index contributed by atoms with van der Waals surface area (Å²) < 4.78 is 36.3. The van der Waals surface area contributed by atoms with E-state index in [0.29, 0.717) is 21.3 Å². The molecule has 0 unspecified atom stereocenters. The number of hydrogen-bond acceptors (Lipinski definition) is 8. The molecule has 1 heterocycles. The normalized spacial score (nSPS) is 12.0.